The van der Waals surface area contributed by atoms with Crippen molar-refractivity contribution in [1.82, 2.24) is 5.32 Å². The fraction of sp³-hybridized carbons (Fsp3) is 0.160. The van der Waals surface area contributed by atoms with Gasteiger partial charge in [-0.05, 0) is 41.5 Å². The summed E-state index contributed by atoms with van der Waals surface area (Å²) in [6.07, 6.45) is -9.86. The summed E-state index contributed by atoms with van der Waals surface area (Å²) >= 11 is 0. The van der Waals surface area contributed by atoms with Crippen molar-refractivity contribution in [2.45, 2.75) is 12.4 Å². The van der Waals surface area contributed by atoms with E-state index in [-0.39, 0.29) is 17.2 Å². The number of fused-ring (bicyclic) bond motifs is 1. The number of rotatable bonds is 3. The Kier molecular flexibility index (Phi) is 5.15. The van der Waals surface area contributed by atoms with Gasteiger partial charge >= 0.3 is 12.4 Å². The molecule has 1 aliphatic rings. The lowest BCUT2D eigenvalue weighted by Crippen LogP contribution is -2.20. The van der Waals surface area contributed by atoms with Crippen molar-refractivity contribution in [3.05, 3.63) is 83.4 Å². The highest BCUT2D eigenvalue weighted by molar-refractivity contribution is 6.06. The van der Waals surface area contributed by atoms with E-state index in [1.54, 1.807) is 12.1 Å². The molecule has 0 radical (unpaired) electrons. The summed E-state index contributed by atoms with van der Waals surface area (Å²) in [5.74, 6) is 1.13. The standard InChI is InChI=1S/C25H16F6N2O/c26-24(27,28)15-10-14(11-16(12-15)25(29,30)31)17-6-3-7-21-20(17)13-22(34-21)18-4-1-2-5-19(18)23-32-8-9-33-23/h1-7,10-13H,8-9H2,(H,32,33). The van der Waals surface area contributed by atoms with E-state index >= 15 is 0 Å². The Morgan fingerprint density at radius 2 is 1.38 bits per heavy atom. The molecule has 0 amide bonds. The molecular weight excluding hydrogens is 458 g/mol. The molecule has 34 heavy (non-hydrogen) atoms. The van der Waals surface area contributed by atoms with Crippen molar-refractivity contribution < 1.29 is 30.8 Å². The number of nitrogens with one attached hydrogen (secondary N) is 1. The molecule has 0 saturated carbocycles. The Hall–Kier alpha value is -3.75. The smallest absolute Gasteiger partial charge is 0.416 e. The third-order valence-electron chi connectivity index (χ3n) is 5.58. The summed E-state index contributed by atoms with van der Waals surface area (Å²) < 4.78 is 86.3. The number of hydrogen-bond acceptors (Lipinski definition) is 3. The molecule has 1 aliphatic heterocycles. The van der Waals surface area contributed by atoms with Gasteiger partial charge in [-0.1, -0.05) is 36.4 Å². The second-order valence-electron chi connectivity index (χ2n) is 7.83. The minimum Gasteiger partial charge on any atom is -0.456 e. The second-order valence-corrected chi connectivity index (χ2v) is 7.83. The summed E-state index contributed by atoms with van der Waals surface area (Å²) in [4.78, 5) is 4.43. The maximum Gasteiger partial charge on any atom is 0.416 e. The Labute approximate surface area is 189 Å². The van der Waals surface area contributed by atoms with E-state index in [4.69, 9.17) is 4.42 Å². The fourth-order valence-corrected chi connectivity index (χ4v) is 4.04. The number of amidine groups is 1. The van der Waals surface area contributed by atoms with Gasteiger partial charge in [-0.3, -0.25) is 4.99 Å². The highest BCUT2D eigenvalue weighted by Crippen LogP contribution is 2.41. The van der Waals surface area contributed by atoms with Crippen LogP contribution in [0.15, 0.2) is 76.1 Å². The van der Waals surface area contributed by atoms with Gasteiger partial charge in [-0.25, -0.2) is 0 Å². The van der Waals surface area contributed by atoms with Gasteiger partial charge in [-0.2, -0.15) is 26.3 Å². The molecule has 0 atom stereocenters. The number of benzene rings is 3. The average molecular weight is 474 g/mol. The topological polar surface area (TPSA) is 37.5 Å². The zero-order valence-corrected chi connectivity index (χ0v) is 17.4. The third kappa shape index (κ3) is 4.02. The van der Waals surface area contributed by atoms with Crippen LogP contribution in [0.2, 0.25) is 0 Å². The Morgan fingerprint density at radius 3 is 2.00 bits per heavy atom. The van der Waals surface area contributed by atoms with Crippen LogP contribution >= 0.6 is 0 Å². The lowest BCUT2D eigenvalue weighted by Gasteiger charge is -2.14. The lowest BCUT2D eigenvalue weighted by atomic mass is 9.96. The SMILES string of the molecule is FC(F)(F)c1cc(-c2cccc3oc(-c4ccccc4C4=NCCN4)cc23)cc(C(F)(F)F)c1. The zero-order chi connectivity index (χ0) is 24.1. The van der Waals surface area contributed by atoms with Gasteiger partial charge < -0.3 is 9.73 Å². The van der Waals surface area contributed by atoms with Gasteiger partial charge in [0.25, 0.3) is 0 Å². The van der Waals surface area contributed by atoms with Gasteiger partial charge in [0.05, 0.1) is 17.7 Å². The number of alkyl halides is 6. The van der Waals surface area contributed by atoms with Crippen LogP contribution < -0.4 is 5.32 Å². The predicted molar refractivity (Wildman–Crippen MR) is 116 cm³/mol. The molecule has 0 fully saturated rings. The maximum atomic E-state index is 13.4. The van der Waals surface area contributed by atoms with Crippen LogP contribution in [0.3, 0.4) is 0 Å². The molecule has 174 valence electrons. The Bertz CT molecular complexity index is 1380. The third-order valence-corrected chi connectivity index (χ3v) is 5.58. The van der Waals surface area contributed by atoms with Crippen molar-refractivity contribution in [3.8, 4) is 22.5 Å². The Morgan fingerprint density at radius 1 is 0.735 bits per heavy atom. The molecule has 0 bridgehead atoms. The van der Waals surface area contributed by atoms with Crippen LogP contribution in [0.5, 0.6) is 0 Å². The minimum atomic E-state index is -4.93. The number of furan rings is 1. The van der Waals surface area contributed by atoms with E-state index in [1.165, 1.54) is 12.1 Å². The zero-order valence-electron chi connectivity index (χ0n) is 17.4. The first-order chi connectivity index (χ1) is 16.1. The quantitative estimate of drug-likeness (QED) is 0.320. The van der Waals surface area contributed by atoms with E-state index in [0.29, 0.717) is 41.2 Å². The minimum absolute atomic E-state index is 0.121. The number of hydrogen-bond donors (Lipinski definition) is 1. The summed E-state index contributed by atoms with van der Waals surface area (Å²) in [5, 5.41) is 3.59. The van der Waals surface area contributed by atoms with Gasteiger partial charge in [-0.15, -0.1) is 0 Å². The van der Waals surface area contributed by atoms with Crippen LogP contribution in [0.1, 0.15) is 16.7 Å². The number of halogens is 6. The monoisotopic (exact) mass is 474 g/mol. The van der Waals surface area contributed by atoms with Crippen LogP contribution in [0.4, 0.5) is 26.3 Å². The molecule has 0 spiro atoms. The number of nitrogens with zero attached hydrogens (tertiary/aromatic N) is 1. The van der Waals surface area contributed by atoms with Gasteiger partial charge in [0.2, 0.25) is 0 Å². The van der Waals surface area contributed by atoms with Gasteiger partial charge in [0.15, 0.2) is 0 Å². The predicted octanol–water partition coefficient (Wildman–Crippen LogP) is 7.15. The van der Waals surface area contributed by atoms with Crippen LogP contribution in [-0.2, 0) is 12.4 Å². The van der Waals surface area contributed by atoms with Crippen LogP contribution in [-0.4, -0.2) is 18.9 Å². The Balaban J connectivity index is 1.69. The van der Waals surface area contributed by atoms with Crippen LogP contribution in [0, 0.1) is 0 Å². The van der Waals surface area contributed by atoms with Crippen molar-refractivity contribution >= 4 is 16.8 Å². The number of aliphatic imine (C=N–C) groups is 1. The molecule has 0 unspecified atom stereocenters. The molecule has 1 aromatic heterocycles. The molecule has 0 aliphatic carbocycles. The average Bonchev–Trinajstić information content (AvgIpc) is 3.47. The van der Waals surface area contributed by atoms with E-state index in [2.05, 4.69) is 10.3 Å². The van der Waals surface area contributed by atoms with E-state index < -0.39 is 23.5 Å². The molecule has 3 nitrogen and oxygen atoms in total. The summed E-state index contributed by atoms with van der Waals surface area (Å²) in [7, 11) is 0. The molecule has 1 N–H and O–H groups in total. The normalized spacial score (nSPS) is 14.4. The molecule has 9 heteroatoms. The molecule has 0 saturated heterocycles. The van der Waals surface area contributed by atoms with E-state index in [1.807, 2.05) is 24.3 Å². The van der Waals surface area contributed by atoms with E-state index in [0.717, 1.165) is 17.7 Å². The summed E-state index contributed by atoms with van der Waals surface area (Å²) in [5.41, 5.74) is -0.887. The molecular formula is C25H16F6N2O. The molecule has 3 aromatic carbocycles. The first-order valence-electron chi connectivity index (χ1n) is 10.3. The largest absolute Gasteiger partial charge is 0.456 e. The maximum absolute atomic E-state index is 13.4. The highest BCUT2D eigenvalue weighted by atomic mass is 19.4. The van der Waals surface area contributed by atoms with Crippen molar-refractivity contribution in [2.75, 3.05) is 13.1 Å². The lowest BCUT2D eigenvalue weighted by molar-refractivity contribution is -0.143. The molecule has 2 heterocycles. The van der Waals surface area contributed by atoms with E-state index in [9.17, 15) is 26.3 Å². The van der Waals surface area contributed by atoms with Crippen molar-refractivity contribution in [2.24, 2.45) is 4.99 Å². The first kappa shape index (κ1) is 22.1. The molecule has 5 rings (SSSR count). The first-order valence-corrected chi connectivity index (χ1v) is 10.3. The van der Waals surface area contributed by atoms with Gasteiger partial charge in [0, 0.05) is 23.1 Å². The van der Waals surface area contributed by atoms with Gasteiger partial charge in [0.1, 0.15) is 17.2 Å². The summed E-state index contributed by atoms with van der Waals surface area (Å²) in [6, 6.07) is 15.2. The fourth-order valence-electron chi connectivity index (χ4n) is 4.04. The highest BCUT2D eigenvalue weighted by Gasteiger charge is 2.37. The van der Waals surface area contributed by atoms with Crippen LogP contribution in [0.25, 0.3) is 33.4 Å². The van der Waals surface area contributed by atoms with Crippen molar-refractivity contribution in [3.63, 3.8) is 0 Å². The molecule has 4 aromatic rings. The second kappa shape index (κ2) is 7.93. The summed E-state index contributed by atoms with van der Waals surface area (Å²) in [6.45, 7) is 1.33. The van der Waals surface area contributed by atoms with Crippen molar-refractivity contribution in [1.29, 1.82) is 0 Å².